The first-order valence-corrected chi connectivity index (χ1v) is 12.1. The Bertz CT molecular complexity index is 1460. The number of anilines is 1. The molecule has 8 heteroatoms. The van der Waals surface area contributed by atoms with E-state index in [0.29, 0.717) is 29.8 Å². The van der Waals surface area contributed by atoms with Crippen LogP contribution in [0.15, 0.2) is 66.7 Å². The van der Waals surface area contributed by atoms with Crippen LogP contribution in [0.5, 0.6) is 0 Å². The molecule has 3 fully saturated rings. The number of amides is 4. The molecule has 3 saturated heterocycles. The van der Waals surface area contributed by atoms with E-state index in [9.17, 15) is 19.6 Å². The molecular formula is C28H21ClN4O3. The Kier molecular flexibility index (Phi) is 5.09. The van der Waals surface area contributed by atoms with Crippen LogP contribution in [0.2, 0.25) is 5.02 Å². The van der Waals surface area contributed by atoms with E-state index in [0.717, 1.165) is 16.0 Å². The molecule has 3 aliphatic rings. The topological polar surface area (TPSA) is 84.7 Å². The number of fused-ring (bicyclic) bond motifs is 5. The third-order valence-electron chi connectivity index (χ3n) is 7.48. The van der Waals surface area contributed by atoms with Crippen molar-refractivity contribution in [3.8, 4) is 17.2 Å². The van der Waals surface area contributed by atoms with E-state index < -0.39 is 12.1 Å². The lowest BCUT2D eigenvalue weighted by Gasteiger charge is -2.35. The van der Waals surface area contributed by atoms with Gasteiger partial charge >= 0.3 is 6.03 Å². The Morgan fingerprint density at radius 3 is 2.39 bits per heavy atom. The number of rotatable bonds is 3. The molecule has 0 radical (unpaired) electrons. The Morgan fingerprint density at radius 2 is 1.69 bits per heavy atom. The van der Waals surface area contributed by atoms with E-state index in [1.165, 1.54) is 6.07 Å². The number of hydrogen-bond acceptors (Lipinski definition) is 4. The molecule has 3 atom stereocenters. The summed E-state index contributed by atoms with van der Waals surface area (Å²) in [5.74, 6) is -0.508. The summed E-state index contributed by atoms with van der Waals surface area (Å²) in [5.41, 5.74) is 3.80. The van der Waals surface area contributed by atoms with Gasteiger partial charge in [-0.15, -0.1) is 0 Å². The fraction of sp³-hybridized carbons (Fsp3) is 0.214. The first kappa shape index (κ1) is 22.3. The monoisotopic (exact) mass is 496 g/mol. The van der Waals surface area contributed by atoms with Gasteiger partial charge in [0, 0.05) is 12.1 Å². The van der Waals surface area contributed by atoms with Gasteiger partial charge in [0.15, 0.2) is 0 Å². The molecule has 0 spiro atoms. The molecule has 3 aliphatic heterocycles. The van der Waals surface area contributed by atoms with Crippen molar-refractivity contribution in [3.63, 3.8) is 0 Å². The maximum atomic E-state index is 13.5. The average molecular weight is 497 g/mol. The first-order valence-electron chi connectivity index (χ1n) is 11.7. The molecule has 36 heavy (non-hydrogen) atoms. The maximum absolute atomic E-state index is 13.5. The van der Waals surface area contributed by atoms with Crippen LogP contribution >= 0.6 is 11.6 Å². The lowest BCUT2D eigenvalue weighted by Crippen LogP contribution is -2.54. The highest BCUT2D eigenvalue weighted by Crippen LogP contribution is 2.44. The van der Waals surface area contributed by atoms with Crippen molar-refractivity contribution in [1.29, 1.82) is 5.26 Å². The summed E-state index contributed by atoms with van der Waals surface area (Å²) in [6.45, 7) is 2.08. The number of urea groups is 1. The maximum Gasteiger partial charge on any atom is 0.332 e. The van der Waals surface area contributed by atoms with E-state index in [2.05, 4.69) is 0 Å². The number of nitrogens with zero attached hydrogens (tertiary/aromatic N) is 4. The molecule has 6 rings (SSSR count). The number of piperazine rings is 1. The van der Waals surface area contributed by atoms with E-state index in [4.69, 9.17) is 11.6 Å². The van der Waals surface area contributed by atoms with Gasteiger partial charge in [0.05, 0.1) is 28.4 Å². The van der Waals surface area contributed by atoms with Crippen LogP contribution in [0.3, 0.4) is 0 Å². The van der Waals surface area contributed by atoms with Crippen molar-refractivity contribution in [1.82, 2.24) is 9.80 Å². The summed E-state index contributed by atoms with van der Waals surface area (Å²) in [6.07, 6.45) is 0.580. The lowest BCUT2D eigenvalue weighted by molar-refractivity contribution is -0.121. The summed E-state index contributed by atoms with van der Waals surface area (Å²) in [4.78, 5) is 44.8. The minimum atomic E-state index is -0.724. The molecule has 7 nitrogen and oxygen atoms in total. The molecule has 0 aromatic heterocycles. The summed E-state index contributed by atoms with van der Waals surface area (Å²) in [7, 11) is 0. The van der Waals surface area contributed by atoms with Crippen molar-refractivity contribution in [3.05, 3.63) is 88.4 Å². The van der Waals surface area contributed by atoms with E-state index >= 15 is 0 Å². The molecule has 1 unspecified atom stereocenters. The van der Waals surface area contributed by atoms with Crippen LogP contribution in [0.4, 0.5) is 10.5 Å². The minimum absolute atomic E-state index is 0.141. The highest BCUT2D eigenvalue weighted by molar-refractivity contribution is 6.33. The number of imide groups is 1. The van der Waals surface area contributed by atoms with Gasteiger partial charge < -0.3 is 9.80 Å². The molecule has 0 aliphatic carbocycles. The lowest BCUT2D eigenvalue weighted by atomic mass is 10.0. The molecule has 3 aromatic carbocycles. The van der Waals surface area contributed by atoms with E-state index in [1.807, 2.05) is 60.7 Å². The van der Waals surface area contributed by atoms with Crippen molar-refractivity contribution >= 4 is 35.1 Å². The standard InChI is InChI=1S/C28H21ClN4O3/c1-16-22(12-11-20(14-30)24(16)29)33-27(35)25-23-13-21(32(25)28(33)36)15-31(23)26(34)19-9-7-18(8-10-19)17-5-3-2-4-6-17/h2-12,21,23,25H,13,15H2,1H3/t21-,23?,25+/m1/s1. The molecule has 3 aromatic rings. The van der Waals surface area contributed by atoms with Crippen molar-refractivity contribution in [2.24, 2.45) is 0 Å². The quantitative estimate of drug-likeness (QED) is 0.495. The van der Waals surface area contributed by atoms with Crippen molar-refractivity contribution in [2.45, 2.75) is 31.5 Å². The smallest absolute Gasteiger partial charge is 0.331 e. The molecule has 0 N–H and O–H groups in total. The summed E-state index contributed by atoms with van der Waals surface area (Å²) in [6, 6.07) is 20.8. The zero-order valence-corrected chi connectivity index (χ0v) is 20.1. The normalized spacial score (nSPS) is 22.2. The second-order valence-electron chi connectivity index (χ2n) is 9.35. The number of likely N-dealkylation sites (tertiary alicyclic amines) is 1. The van der Waals surface area contributed by atoms with Crippen LogP contribution in [-0.2, 0) is 4.79 Å². The van der Waals surface area contributed by atoms with Crippen molar-refractivity contribution < 1.29 is 14.4 Å². The molecule has 4 amide bonds. The van der Waals surface area contributed by atoms with Gasteiger partial charge in [0.2, 0.25) is 0 Å². The number of nitriles is 1. The number of benzene rings is 3. The third-order valence-corrected chi connectivity index (χ3v) is 7.97. The highest BCUT2D eigenvalue weighted by Gasteiger charge is 2.63. The van der Waals surface area contributed by atoms with E-state index in [-0.39, 0.29) is 34.5 Å². The Labute approximate surface area is 213 Å². The minimum Gasteiger partial charge on any atom is -0.331 e. The number of hydrogen-bond donors (Lipinski definition) is 0. The van der Waals surface area contributed by atoms with Gasteiger partial charge in [-0.3, -0.25) is 9.59 Å². The largest absolute Gasteiger partial charge is 0.332 e. The van der Waals surface area contributed by atoms with Gasteiger partial charge in [0.25, 0.3) is 11.8 Å². The summed E-state index contributed by atoms with van der Waals surface area (Å²) in [5, 5.41) is 9.46. The second kappa shape index (κ2) is 8.21. The van der Waals surface area contributed by atoms with Gasteiger partial charge in [-0.25, -0.2) is 9.69 Å². The molecule has 2 bridgehead atoms. The first-order chi connectivity index (χ1) is 17.4. The SMILES string of the molecule is Cc1c(N2C(=O)[C@@H]3C4C[C@H](CN4C(=O)c4ccc(-c5ccccc5)cc4)N3C2=O)ccc(C#N)c1Cl. The molecule has 0 saturated carbocycles. The van der Waals surface area contributed by atoms with Crippen LogP contribution < -0.4 is 4.90 Å². The third kappa shape index (κ3) is 3.15. The Morgan fingerprint density at radius 1 is 1.00 bits per heavy atom. The van der Waals surface area contributed by atoms with Crippen molar-refractivity contribution in [2.75, 3.05) is 11.4 Å². The summed E-state index contributed by atoms with van der Waals surface area (Å²) >= 11 is 6.31. The Hall–Kier alpha value is -4.15. The van der Waals surface area contributed by atoms with Gasteiger partial charge in [-0.1, -0.05) is 54.1 Å². The van der Waals surface area contributed by atoms with Gasteiger partial charge in [0.1, 0.15) is 12.1 Å². The Balaban J connectivity index is 1.26. The number of carbonyl (C=O) groups is 3. The van der Waals surface area contributed by atoms with Gasteiger partial charge in [-0.2, -0.15) is 5.26 Å². The zero-order valence-electron chi connectivity index (χ0n) is 19.4. The van der Waals surface area contributed by atoms with Crippen LogP contribution in [0.25, 0.3) is 11.1 Å². The molecule has 3 heterocycles. The molecule has 178 valence electrons. The summed E-state index contributed by atoms with van der Waals surface area (Å²) < 4.78 is 0. The average Bonchev–Trinajstić information content (AvgIpc) is 3.57. The number of halogens is 1. The zero-order chi connectivity index (χ0) is 25.1. The van der Waals surface area contributed by atoms with Crippen LogP contribution in [-0.4, -0.2) is 52.3 Å². The number of carbonyl (C=O) groups excluding carboxylic acids is 3. The second-order valence-corrected chi connectivity index (χ2v) is 9.73. The highest BCUT2D eigenvalue weighted by atomic mass is 35.5. The van der Waals surface area contributed by atoms with Crippen LogP contribution in [0, 0.1) is 18.3 Å². The fourth-order valence-electron chi connectivity index (χ4n) is 5.72. The fourth-order valence-corrected chi connectivity index (χ4v) is 5.92. The predicted octanol–water partition coefficient (Wildman–Crippen LogP) is 4.62. The van der Waals surface area contributed by atoms with E-state index in [1.54, 1.807) is 22.8 Å². The van der Waals surface area contributed by atoms with Crippen LogP contribution in [0.1, 0.15) is 27.9 Å². The molecular weight excluding hydrogens is 476 g/mol. The predicted molar refractivity (Wildman–Crippen MR) is 135 cm³/mol. The van der Waals surface area contributed by atoms with Gasteiger partial charge in [-0.05, 0) is 54.3 Å².